The van der Waals surface area contributed by atoms with E-state index >= 15 is 0 Å². The predicted molar refractivity (Wildman–Crippen MR) is 137 cm³/mol. The number of allylic oxidation sites excluding steroid dienone is 2. The van der Waals surface area contributed by atoms with E-state index in [-0.39, 0.29) is 23.0 Å². The van der Waals surface area contributed by atoms with Crippen molar-refractivity contribution in [1.29, 1.82) is 0 Å². The summed E-state index contributed by atoms with van der Waals surface area (Å²) in [6, 6.07) is 25.4. The number of carbonyl (C=O) groups is 1. The van der Waals surface area contributed by atoms with Gasteiger partial charge < -0.3 is 0 Å². The van der Waals surface area contributed by atoms with E-state index in [1.54, 1.807) is 0 Å². The number of hydrogen-bond acceptors (Lipinski definition) is 1. The zero-order chi connectivity index (χ0) is 22.2. The summed E-state index contributed by atoms with van der Waals surface area (Å²) in [6.07, 6.45) is 2.36. The lowest BCUT2D eigenvalue weighted by Gasteiger charge is -2.34. The van der Waals surface area contributed by atoms with Gasteiger partial charge in [0, 0.05) is 27.2 Å². The molecule has 0 saturated carbocycles. The van der Waals surface area contributed by atoms with Crippen LogP contribution in [0.3, 0.4) is 0 Å². The Labute approximate surface area is 201 Å². The topological polar surface area (TPSA) is 17.1 Å². The van der Waals surface area contributed by atoms with Crippen molar-refractivity contribution < 1.29 is 4.79 Å². The highest BCUT2D eigenvalue weighted by Crippen LogP contribution is 2.50. The van der Waals surface area contributed by atoms with E-state index in [1.807, 2.05) is 30.3 Å². The first-order valence-electron chi connectivity index (χ1n) is 10.6. The van der Waals surface area contributed by atoms with E-state index in [0.717, 1.165) is 20.1 Å². The minimum absolute atomic E-state index is 0.0654. The van der Waals surface area contributed by atoms with Crippen molar-refractivity contribution in [1.82, 2.24) is 0 Å². The molecule has 0 aliphatic heterocycles. The first-order chi connectivity index (χ1) is 14.8. The van der Waals surface area contributed by atoms with Gasteiger partial charge in [-0.25, -0.2) is 0 Å². The summed E-state index contributed by atoms with van der Waals surface area (Å²) >= 11 is 7.46. The predicted octanol–water partition coefficient (Wildman–Crippen LogP) is 8.43. The van der Waals surface area contributed by atoms with Crippen LogP contribution in [-0.4, -0.2) is 5.78 Å². The van der Waals surface area contributed by atoms with E-state index in [2.05, 4.69) is 101 Å². The van der Waals surface area contributed by atoms with Crippen LogP contribution >= 0.6 is 31.9 Å². The van der Waals surface area contributed by atoms with Gasteiger partial charge in [0.25, 0.3) is 0 Å². The Hall–Kier alpha value is -1.97. The largest absolute Gasteiger partial charge is 0.295 e. The number of rotatable bonds is 3. The molecule has 0 bridgehead atoms. The highest BCUT2D eigenvalue weighted by Gasteiger charge is 2.35. The van der Waals surface area contributed by atoms with Crippen LogP contribution < -0.4 is 0 Å². The van der Waals surface area contributed by atoms with Gasteiger partial charge in [0.1, 0.15) is 0 Å². The van der Waals surface area contributed by atoms with Crippen molar-refractivity contribution >= 4 is 43.2 Å². The van der Waals surface area contributed by atoms with E-state index in [0.29, 0.717) is 6.42 Å². The van der Waals surface area contributed by atoms with E-state index in [1.165, 1.54) is 16.7 Å². The summed E-state index contributed by atoms with van der Waals surface area (Å²) < 4.78 is 2.07. The van der Waals surface area contributed by atoms with Gasteiger partial charge in [0.15, 0.2) is 5.78 Å². The quantitative estimate of drug-likeness (QED) is 0.327. The molecule has 3 aromatic rings. The molecule has 31 heavy (non-hydrogen) atoms. The number of hydrogen-bond donors (Lipinski definition) is 0. The maximum absolute atomic E-state index is 12.9. The summed E-state index contributed by atoms with van der Waals surface area (Å²) in [5.41, 5.74) is 5.99. The third-order valence-corrected chi connectivity index (χ3v) is 7.51. The number of halogens is 2. The lowest BCUT2D eigenvalue weighted by molar-refractivity contribution is -0.115. The third kappa shape index (κ3) is 4.63. The van der Waals surface area contributed by atoms with E-state index in [4.69, 9.17) is 0 Å². The minimum Gasteiger partial charge on any atom is -0.295 e. The normalized spacial score (nSPS) is 19.3. The van der Waals surface area contributed by atoms with Crippen molar-refractivity contribution in [2.75, 3.05) is 0 Å². The second kappa shape index (κ2) is 8.88. The first-order valence-corrected chi connectivity index (χ1v) is 12.2. The zero-order valence-electron chi connectivity index (χ0n) is 18.0. The molecule has 4 rings (SSSR count). The molecule has 0 N–H and O–H groups in total. The maximum atomic E-state index is 12.9. The lowest BCUT2D eigenvalue weighted by atomic mass is 9.69. The molecule has 2 atom stereocenters. The summed E-state index contributed by atoms with van der Waals surface area (Å²) in [4.78, 5) is 12.9. The Morgan fingerprint density at radius 2 is 1.42 bits per heavy atom. The fraction of sp³-hybridized carbons (Fsp3) is 0.250. The number of benzene rings is 3. The number of ketones is 1. The molecule has 0 heterocycles. The molecule has 0 spiro atoms. The van der Waals surface area contributed by atoms with Crippen LogP contribution in [0.1, 0.15) is 61.3 Å². The maximum Gasteiger partial charge on any atom is 0.156 e. The molecule has 0 fully saturated rings. The van der Waals surface area contributed by atoms with Crippen LogP contribution in [0.25, 0.3) is 5.57 Å². The molecule has 3 aromatic carbocycles. The van der Waals surface area contributed by atoms with Gasteiger partial charge in [-0.1, -0.05) is 113 Å². The van der Waals surface area contributed by atoms with Crippen LogP contribution in [0.2, 0.25) is 0 Å². The molecule has 158 valence electrons. The van der Waals surface area contributed by atoms with Crippen molar-refractivity contribution in [3.63, 3.8) is 0 Å². The Bertz CT molecular complexity index is 1140. The smallest absolute Gasteiger partial charge is 0.156 e. The van der Waals surface area contributed by atoms with Crippen LogP contribution in [0.15, 0.2) is 87.8 Å². The first kappa shape index (κ1) is 22.2. The summed E-state index contributed by atoms with van der Waals surface area (Å²) in [5.74, 6) is 0.328. The molecule has 0 saturated heterocycles. The number of carbonyl (C=O) groups excluding carboxylic acids is 1. The lowest BCUT2D eigenvalue weighted by Crippen LogP contribution is -2.22. The molecule has 0 radical (unpaired) electrons. The van der Waals surface area contributed by atoms with Gasteiger partial charge in [0.05, 0.1) is 0 Å². The van der Waals surface area contributed by atoms with Crippen LogP contribution in [0.5, 0.6) is 0 Å². The van der Waals surface area contributed by atoms with Crippen LogP contribution in [0, 0.1) is 0 Å². The Kier molecular flexibility index (Phi) is 6.37. The van der Waals surface area contributed by atoms with E-state index < -0.39 is 0 Å². The Balaban J connectivity index is 1.90. The zero-order valence-corrected chi connectivity index (χ0v) is 21.2. The molecular formula is C28H26Br2O. The van der Waals surface area contributed by atoms with Crippen molar-refractivity contribution in [3.05, 3.63) is 110 Å². The SMILES string of the molecule is CC(C)(C)c1ccc(C2C(c3ccccc3Br)=CC(=O)CC2c2ccccc2Br)cc1. The molecule has 0 amide bonds. The molecule has 1 nitrogen and oxygen atoms in total. The fourth-order valence-electron chi connectivity index (χ4n) is 4.48. The van der Waals surface area contributed by atoms with Gasteiger partial charge in [-0.3, -0.25) is 4.79 Å². The van der Waals surface area contributed by atoms with Crippen molar-refractivity contribution in [2.24, 2.45) is 0 Å². The molecule has 2 unspecified atom stereocenters. The minimum atomic E-state index is 0.0654. The highest BCUT2D eigenvalue weighted by atomic mass is 79.9. The second-order valence-corrected chi connectivity index (χ2v) is 10.9. The monoisotopic (exact) mass is 536 g/mol. The van der Waals surface area contributed by atoms with E-state index in [9.17, 15) is 4.79 Å². The second-order valence-electron chi connectivity index (χ2n) is 9.23. The molecule has 1 aliphatic rings. The molecule has 1 aliphatic carbocycles. The Morgan fingerprint density at radius 1 is 0.806 bits per heavy atom. The highest BCUT2D eigenvalue weighted by molar-refractivity contribution is 9.10. The van der Waals surface area contributed by atoms with Crippen LogP contribution in [-0.2, 0) is 10.2 Å². The van der Waals surface area contributed by atoms with Crippen molar-refractivity contribution in [2.45, 2.75) is 44.4 Å². The Morgan fingerprint density at radius 3 is 2.03 bits per heavy atom. The standard InChI is InChI=1S/C28H26Br2O/c1-28(2,3)19-14-12-18(13-15-19)27-23(21-8-4-6-10-25(21)29)16-20(31)17-24(27)22-9-5-7-11-26(22)30/h4-16,24,27H,17H2,1-3H3. The summed E-state index contributed by atoms with van der Waals surface area (Å²) in [6.45, 7) is 6.70. The average Bonchev–Trinajstić information content (AvgIpc) is 2.73. The average molecular weight is 538 g/mol. The van der Waals surface area contributed by atoms with Crippen molar-refractivity contribution in [3.8, 4) is 0 Å². The third-order valence-electron chi connectivity index (χ3n) is 6.10. The summed E-state index contributed by atoms with van der Waals surface area (Å²) in [5, 5.41) is 0. The van der Waals surface area contributed by atoms with Gasteiger partial charge in [-0.15, -0.1) is 0 Å². The van der Waals surface area contributed by atoms with Gasteiger partial charge in [-0.2, -0.15) is 0 Å². The fourth-order valence-corrected chi connectivity index (χ4v) is 5.57. The molecule has 0 aromatic heterocycles. The van der Waals surface area contributed by atoms with Crippen LogP contribution in [0.4, 0.5) is 0 Å². The molecule has 3 heteroatoms. The summed E-state index contributed by atoms with van der Waals surface area (Å²) in [7, 11) is 0. The molecular weight excluding hydrogens is 512 g/mol. The van der Waals surface area contributed by atoms with Gasteiger partial charge >= 0.3 is 0 Å². The van der Waals surface area contributed by atoms with Gasteiger partial charge in [0.2, 0.25) is 0 Å². The van der Waals surface area contributed by atoms with Gasteiger partial charge in [-0.05, 0) is 51.5 Å².